The van der Waals surface area contributed by atoms with Gasteiger partial charge in [0.1, 0.15) is 9.71 Å². The van der Waals surface area contributed by atoms with E-state index in [1.807, 2.05) is 12.1 Å². The van der Waals surface area contributed by atoms with E-state index in [-0.39, 0.29) is 11.7 Å². The lowest BCUT2D eigenvalue weighted by atomic mass is 10.1. The Morgan fingerprint density at radius 2 is 1.88 bits per heavy atom. The number of hydrogen-bond donors (Lipinski definition) is 0. The second-order valence-electron chi connectivity index (χ2n) is 6.54. The van der Waals surface area contributed by atoms with E-state index in [2.05, 4.69) is 24.0 Å². The van der Waals surface area contributed by atoms with E-state index in [0.717, 1.165) is 12.0 Å². The zero-order valence-corrected chi connectivity index (χ0v) is 16.2. The maximum Gasteiger partial charge on any atom is 0.348 e. The molecule has 3 rings (SSSR count). The number of benzene rings is 1. The quantitative estimate of drug-likeness (QED) is 0.638. The Balaban J connectivity index is 1.98. The van der Waals surface area contributed by atoms with Gasteiger partial charge in [0, 0.05) is 0 Å². The van der Waals surface area contributed by atoms with Gasteiger partial charge in [-0.15, -0.1) is 11.3 Å². The lowest BCUT2D eigenvalue weighted by molar-refractivity contribution is 0.0383. The molecule has 136 valence electrons. The molecule has 1 aromatic carbocycles. The molecule has 2 heterocycles. The number of aromatic nitrogens is 2. The van der Waals surface area contributed by atoms with Gasteiger partial charge in [0.25, 0.3) is 5.56 Å². The summed E-state index contributed by atoms with van der Waals surface area (Å²) in [5.74, 6) is -0.401. The molecule has 0 bridgehead atoms. The van der Waals surface area contributed by atoms with Gasteiger partial charge in [-0.2, -0.15) is 0 Å². The molecule has 0 unspecified atom stereocenters. The van der Waals surface area contributed by atoms with E-state index < -0.39 is 5.97 Å². The number of ether oxygens (including phenoxy) is 1. The first-order valence-electron chi connectivity index (χ1n) is 8.68. The number of hydrogen-bond acceptors (Lipinski definition) is 5. The van der Waals surface area contributed by atoms with Crippen LogP contribution in [0.4, 0.5) is 0 Å². The van der Waals surface area contributed by atoms with E-state index in [4.69, 9.17) is 4.74 Å². The molecule has 3 aromatic rings. The molecule has 5 nitrogen and oxygen atoms in total. The predicted octanol–water partition coefficient (Wildman–Crippen LogP) is 3.94. The highest BCUT2D eigenvalue weighted by atomic mass is 32.1. The maximum atomic E-state index is 12.9. The topological polar surface area (TPSA) is 61.2 Å². The van der Waals surface area contributed by atoms with E-state index >= 15 is 0 Å². The van der Waals surface area contributed by atoms with E-state index in [1.54, 1.807) is 31.7 Å². The second-order valence-corrected chi connectivity index (χ2v) is 7.54. The van der Waals surface area contributed by atoms with Crippen molar-refractivity contribution < 1.29 is 9.53 Å². The summed E-state index contributed by atoms with van der Waals surface area (Å²) in [6, 6.07) is 8.20. The van der Waals surface area contributed by atoms with Crippen molar-refractivity contribution in [2.24, 2.45) is 0 Å². The third-order valence-corrected chi connectivity index (χ3v) is 5.41. The Kier molecular flexibility index (Phi) is 5.23. The minimum atomic E-state index is -0.401. The Morgan fingerprint density at radius 1 is 1.23 bits per heavy atom. The van der Waals surface area contributed by atoms with Crippen LogP contribution >= 0.6 is 11.3 Å². The summed E-state index contributed by atoms with van der Waals surface area (Å²) < 4.78 is 6.85. The fourth-order valence-electron chi connectivity index (χ4n) is 2.81. The molecule has 6 heteroatoms. The van der Waals surface area contributed by atoms with E-state index in [9.17, 15) is 9.59 Å². The molecule has 0 saturated carbocycles. The molecular weight excluding hydrogens is 348 g/mol. The summed E-state index contributed by atoms with van der Waals surface area (Å²) in [6.45, 7) is 7.94. The van der Waals surface area contributed by atoms with Gasteiger partial charge in [-0.25, -0.2) is 9.78 Å². The molecule has 0 amide bonds. The number of fused-ring (bicyclic) bond motifs is 1. The van der Waals surface area contributed by atoms with Gasteiger partial charge in [0.15, 0.2) is 0 Å². The van der Waals surface area contributed by atoms with Crippen molar-refractivity contribution in [2.75, 3.05) is 0 Å². The van der Waals surface area contributed by atoms with Crippen LogP contribution in [0, 0.1) is 6.92 Å². The number of thiophene rings is 1. The summed E-state index contributed by atoms with van der Waals surface area (Å²) in [7, 11) is 0. The fraction of sp³-hybridized carbons (Fsp3) is 0.350. The number of carbonyl (C=O) groups is 1. The minimum absolute atomic E-state index is 0.132. The molecular formula is C20H22N2O3S. The molecule has 26 heavy (non-hydrogen) atoms. The Hall–Kier alpha value is -2.47. The first-order valence-corrected chi connectivity index (χ1v) is 9.49. The highest BCUT2D eigenvalue weighted by molar-refractivity contribution is 7.20. The first kappa shape index (κ1) is 18.3. The van der Waals surface area contributed by atoms with Crippen molar-refractivity contribution in [1.82, 2.24) is 9.55 Å². The smallest absolute Gasteiger partial charge is 0.348 e. The van der Waals surface area contributed by atoms with Crippen molar-refractivity contribution in [3.8, 4) is 0 Å². The Bertz CT molecular complexity index is 1000. The van der Waals surface area contributed by atoms with Crippen LogP contribution in [-0.4, -0.2) is 21.6 Å². The third-order valence-electron chi connectivity index (χ3n) is 4.23. The average Bonchev–Trinajstić information content (AvgIpc) is 2.95. The van der Waals surface area contributed by atoms with Gasteiger partial charge < -0.3 is 4.74 Å². The van der Waals surface area contributed by atoms with Crippen LogP contribution in [0.2, 0.25) is 0 Å². The number of nitrogens with zero attached hydrogens (tertiary/aromatic N) is 2. The highest BCUT2D eigenvalue weighted by Gasteiger charge is 2.21. The standard InChI is InChI=1S/C20H22N2O3S/c1-5-14-6-8-15(9-7-14)10-22-11-21-18-16(19(22)23)13(4)17(26-18)20(24)25-12(2)3/h6-9,11-12H,5,10H2,1-4H3. The van der Waals surface area contributed by atoms with Gasteiger partial charge >= 0.3 is 5.97 Å². The van der Waals surface area contributed by atoms with Crippen LogP contribution in [0.25, 0.3) is 10.2 Å². The van der Waals surface area contributed by atoms with Crippen molar-refractivity contribution in [3.63, 3.8) is 0 Å². The van der Waals surface area contributed by atoms with Crippen LogP contribution < -0.4 is 5.56 Å². The highest BCUT2D eigenvalue weighted by Crippen LogP contribution is 2.27. The number of esters is 1. The van der Waals surface area contributed by atoms with Crippen molar-refractivity contribution in [2.45, 2.75) is 46.8 Å². The largest absolute Gasteiger partial charge is 0.459 e. The molecule has 0 aliphatic carbocycles. The van der Waals surface area contributed by atoms with Gasteiger partial charge in [0.2, 0.25) is 0 Å². The zero-order valence-electron chi connectivity index (χ0n) is 15.4. The molecule has 0 fully saturated rings. The molecule has 2 aromatic heterocycles. The normalized spacial score (nSPS) is 11.3. The van der Waals surface area contributed by atoms with Crippen molar-refractivity contribution >= 4 is 27.5 Å². The summed E-state index contributed by atoms with van der Waals surface area (Å²) in [6.07, 6.45) is 2.33. The first-order chi connectivity index (χ1) is 12.4. The van der Waals surface area contributed by atoms with Crippen LogP contribution in [0.5, 0.6) is 0 Å². The number of carbonyl (C=O) groups excluding carboxylic acids is 1. The number of rotatable bonds is 5. The lowest BCUT2D eigenvalue weighted by Gasteiger charge is -2.07. The molecule has 0 aliphatic rings. The van der Waals surface area contributed by atoms with E-state index in [0.29, 0.717) is 27.2 Å². The summed E-state index contributed by atoms with van der Waals surface area (Å²) in [5, 5.41) is 0.499. The summed E-state index contributed by atoms with van der Waals surface area (Å²) >= 11 is 1.21. The summed E-state index contributed by atoms with van der Waals surface area (Å²) in [5.41, 5.74) is 2.81. The van der Waals surface area contributed by atoms with E-state index in [1.165, 1.54) is 16.9 Å². The monoisotopic (exact) mass is 370 g/mol. The van der Waals surface area contributed by atoms with Crippen molar-refractivity contribution in [3.05, 3.63) is 62.5 Å². The van der Waals surface area contributed by atoms with Crippen LogP contribution in [-0.2, 0) is 17.7 Å². The van der Waals surface area contributed by atoms with Crippen molar-refractivity contribution in [1.29, 1.82) is 0 Å². The maximum absolute atomic E-state index is 12.9. The van der Waals surface area contributed by atoms with Gasteiger partial charge in [0.05, 0.1) is 24.4 Å². The molecule has 0 N–H and O–H groups in total. The number of aryl methyl sites for hydroxylation is 2. The molecule has 0 atom stereocenters. The second kappa shape index (κ2) is 7.41. The van der Waals surface area contributed by atoms with Crippen LogP contribution in [0.3, 0.4) is 0 Å². The predicted molar refractivity (Wildman–Crippen MR) is 104 cm³/mol. The average molecular weight is 370 g/mol. The van der Waals surface area contributed by atoms with Gasteiger partial charge in [-0.1, -0.05) is 31.2 Å². The Morgan fingerprint density at radius 3 is 2.50 bits per heavy atom. The molecule has 0 spiro atoms. The lowest BCUT2D eigenvalue weighted by Crippen LogP contribution is -2.21. The third kappa shape index (κ3) is 3.55. The van der Waals surface area contributed by atoms with Crippen LogP contribution in [0.15, 0.2) is 35.4 Å². The minimum Gasteiger partial charge on any atom is -0.459 e. The van der Waals surface area contributed by atoms with Gasteiger partial charge in [-0.3, -0.25) is 9.36 Å². The fourth-order valence-corrected chi connectivity index (χ4v) is 3.83. The summed E-state index contributed by atoms with van der Waals surface area (Å²) in [4.78, 5) is 30.6. The molecule has 0 radical (unpaired) electrons. The van der Waals surface area contributed by atoms with Crippen LogP contribution in [0.1, 0.15) is 47.1 Å². The SMILES string of the molecule is CCc1ccc(Cn2cnc3sc(C(=O)OC(C)C)c(C)c3c2=O)cc1. The Labute approximate surface area is 156 Å². The molecule has 0 saturated heterocycles. The molecule has 0 aliphatic heterocycles. The van der Waals surface area contributed by atoms with Gasteiger partial charge in [-0.05, 0) is 43.9 Å². The zero-order chi connectivity index (χ0) is 18.8.